The molecule has 6 heteroatoms. The van der Waals surface area contributed by atoms with Crippen LogP contribution in [0.4, 0.5) is 10.5 Å². The molecule has 1 aromatic rings. The van der Waals surface area contributed by atoms with Gasteiger partial charge in [0.05, 0.1) is 18.8 Å². The number of benzene rings is 1. The lowest BCUT2D eigenvalue weighted by Gasteiger charge is -2.53. The zero-order chi connectivity index (χ0) is 16.6. The lowest BCUT2D eigenvalue weighted by molar-refractivity contribution is -0.183. The first kappa shape index (κ1) is 15.8. The Kier molecular flexibility index (Phi) is 4.02. The zero-order valence-corrected chi connectivity index (χ0v) is 13.5. The summed E-state index contributed by atoms with van der Waals surface area (Å²) in [7, 11) is 1.28. The van der Waals surface area contributed by atoms with Crippen molar-refractivity contribution in [1.82, 2.24) is 0 Å². The van der Waals surface area contributed by atoms with Crippen molar-refractivity contribution in [2.24, 2.45) is 11.3 Å². The van der Waals surface area contributed by atoms with Crippen LogP contribution in [0, 0.1) is 11.3 Å². The third-order valence-corrected chi connectivity index (χ3v) is 4.76. The van der Waals surface area contributed by atoms with Gasteiger partial charge >= 0.3 is 12.1 Å². The van der Waals surface area contributed by atoms with Crippen LogP contribution < -0.4 is 5.32 Å². The first-order valence-corrected chi connectivity index (χ1v) is 7.71. The topological polar surface area (TPSA) is 73.9 Å². The van der Waals surface area contributed by atoms with Gasteiger partial charge in [-0.1, -0.05) is 19.9 Å². The molecule has 3 rings (SSSR count). The van der Waals surface area contributed by atoms with E-state index in [-0.39, 0.29) is 29.5 Å². The van der Waals surface area contributed by atoms with Crippen molar-refractivity contribution in [3.05, 3.63) is 29.8 Å². The van der Waals surface area contributed by atoms with E-state index in [1.807, 2.05) is 0 Å². The van der Waals surface area contributed by atoms with Crippen LogP contribution in [0.3, 0.4) is 0 Å². The molecule has 0 spiro atoms. The molecule has 1 aromatic carbocycles. The predicted molar refractivity (Wildman–Crippen MR) is 83.3 cm³/mol. The van der Waals surface area contributed by atoms with Crippen molar-refractivity contribution >= 4 is 17.7 Å². The molecule has 3 atom stereocenters. The van der Waals surface area contributed by atoms with Crippen molar-refractivity contribution in [2.75, 3.05) is 19.0 Å². The largest absolute Gasteiger partial charge is 0.458 e. The highest BCUT2D eigenvalue weighted by Gasteiger charge is 2.61. The van der Waals surface area contributed by atoms with Gasteiger partial charge in [-0.3, -0.25) is 5.32 Å². The number of carbonyl (C=O) groups excluding carboxylic acids is 2. The van der Waals surface area contributed by atoms with Crippen molar-refractivity contribution in [2.45, 2.75) is 32.5 Å². The fraction of sp³-hybridized carbons (Fsp3) is 0.529. The molecule has 0 unspecified atom stereocenters. The van der Waals surface area contributed by atoms with E-state index in [1.165, 1.54) is 7.11 Å². The first-order chi connectivity index (χ1) is 10.9. The SMILES string of the molecule is COC(=O)Nc1cccc(C(=O)O[C@@H]2[C@H]3CCO[C@@H]3C2(C)C)c1. The van der Waals surface area contributed by atoms with E-state index in [9.17, 15) is 9.59 Å². The Balaban J connectivity index is 1.69. The van der Waals surface area contributed by atoms with Crippen molar-refractivity contribution < 1.29 is 23.8 Å². The van der Waals surface area contributed by atoms with Gasteiger partial charge in [-0.25, -0.2) is 9.59 Å². The number of anilines is 1. The van der Waals surface area contributed by atoms with Crippen LogP contribution in [-0.2, 0) is 14.2 Å². The van der Waals surface area contributed by atoms with Crippen LogP contribution in [0.1, 0.15) is 30.6 Å². The minimum Gasteiger partial charge on any atom is -0.458 e. The number of amides is 1. The molecule has 1 heterocycles. The van der Waals surface area contributed by atoms with Gasteiger partial charge in [0.2, 0.25) is 0 Å². The van der Waals surface area contributed by atoms with E-state index in [2.05, 4.69) is 23.9 Å². The minimum absolute atomic E-state index is 0.139. The van der Waals surface area contributed by atoms with Crippen molar-refractivity contribution in [3.63, 3.8) is 0 Å². The molecule has 1 aliphatic carbocycles. The number of fused-ring (bicyclic) bond motifs is 1. The summed E-state index contributed by atoms with van der Waals surface area (Å²) in [5.41, 5.74) is 0.719. The van der Waals surface area contributed by atoms with Gasteiger partial charge in [0.15, 0.2) is 0 Å². The first-order valence-electron chi connectivity index (χ1n) is 7.71. The average molecular weight is 319 g/mol. The summed E-state index contributed by atoms with van der Waals surface area (Å²) in [6.07, 6.45) is 0.379. The number of esters is 1. The summed E-state index contributed by atoms with van der Waals surface area (Å²) in [6, 6.07) is 6.61. The molecule has 2 aliphatic rings. The summed E-state index contributed by atoms with van der Waals surface area (Å²) in [5.74, 6) is -0.104. The highest BCUT2D eigenvalue weighted by atomic mass is 16.6. The minimum atomic E-state index is -0.582. The number of rotatable bonds is 3. The van der Waals surface area contributed by atoms with Gasteiger partial charge in [-0.2, -0.15) is 0 Å². The molecular formula is C17H21NO5. The number of hydrogen-bond acceptors (Lipinski definition) is 5. The lowest BCUT2D eigenvalue weighted by atomic mass is 9.59. The normalized spacial score (nSPS) is 27.5. The molecule has 6 nitrogen and oxygen atoms in total. The number of hydrogen-bond donors (Lipinski definition) is 1. The molecule has 2 fully saturated rings. The quantitative estimate of drug-likeness (QED) is 0.867. The number of nitrogens with one attached hydrogen (secondary N) is 1. The highest BCUT2D eigenvalue weighted by Crippen LogP contribution is 2.53. The Morgan fingerprint density at radius 2 is 2.13 bits per heavy atom. The molecule has 1 saturated carbocycles. The van der Waals surface area contributed by atoms with Crippen LogP contribution in [0.5, 0.6) is 0 Å². The van der Waals surface area contributed by atoms with E-state index >= 15 is 0 Å². The van der Waals surface area contributed by atoms with E-state index < -0.39 is 6.09 Å². The lowest BCUT2D eigenvalue weighted by Crippen LogP contribution is -2.61. The second-order valence-corrected chi connectivity index (χ2v) is 6.59. The standard InChI is InChI=1S/C17H21NO5/c1-17(2)13-12(7-8-22-13)14(17)23-15(19)10-5-4-6-11(9-10)18-16(20)21-3/h4-6,9,12-14H,7-8H2,1-3H3,(H,18,20)/t12-,13-,14+/m0/s1. The Bertz CT molecular complexity index is 627. The molecule has 0 radical (unpaired) electrons. The maximum absolute atomic E-state index is 12.4. The van der Waals surface area contributed by atoms with E-state index in [0.717, 1.165) is 13.0 Å². The van der Waals surface area contributed by atoms with Gasteiger partial charge in [0, 0.05) is 23.6 Å². The summed E-state index contributed by atoms with van der Waals surface area (Å²) in [6.45, 7) is 4.85. The van der Waals surface area contributed by atoms with Crippen LogP contribution >= 0.6 is 0 Å². The van der Waals surface area contributed by atoms with E-state index in [1.54, 1.807) is 24.3 Å². The monoisotopic (exact) mass is 319 g/mol. The van der Waals surface area contributed by atoms with Crippen LogP contribution in [-0.4, -0.2) is 38.0 Å². The van der Waals surface area contributed by atoms with Gasteiger partial charge in [0.25, 0.3) is 0 Å². The fourth-order valence-corrected chi connectivity index (χ4v) is 3.59. The Morgan fingerprint density at radius 3 is 2.87 bits per heavy atom. The van der Waals surface area contributed by atoms with E-state index in [0.29, 0.717) is 11.3 Å². The summed E-state index contributed by atoms with van der Waals surface area (Å²) >= 11 is 0. The molecule has 1 saturated heterocycles. The maximum atomic E-state index is 12.4. The highest BCUT2D eigenvalue weighted by molar-refractivity contribution is 5.92. The molecule has 1 N–H and O–H groups in total. The fourth-order valence-electron chi connectivity index (χ4n) is 3.59. The Hall–Kier alpha value is -2.08. The Labute approximate surface area is 135 Å². The molecule has 1 amide bonds. The third-order valence-electron chi connectivity index (χ3n) is 4.76. The molecule has 0 aromatic heterocycles. The van der Waals surface area contributed by atoms with Gasteiger partial charge in [0.1, 0.15) is 6.10 Å². The number of carbonyl (C=O) groups is 2. The van der Waals surface area contributed by atoms with Gasteiger partial charge < -0.3 is 14.2 Å². The molecular weight excluding hydrogens is 298 g/mol. The number of methoxy groups -OCH3 is 1. The molecule has 0 bridgehead atoms. The molecule has 124 valence electrons. The van der Waals surface area contributed by atoms with Crippen molar-refractivity contribution in [3.8, 4) is 0 Å². The zero-order valence-electron chi connectivity index (χ0n) is 13.5. The third kappa shape index (κ3) is 2.79. The molecule has 23 heavy (non-hydrogen) atoms. The smallest absolute Gasteiger partial charge is 0.411 e. The summed E-state index contributed by atoms with van der Waals surface area (Å²) < 4.78 is 16.0. The number of ether oxygens (including phenoxy) is 3. The maximum Gasteiger partial charge on any atom is 0.411 e. The summed E-state index contributed by atoms with van der Waals surface area (Å²) in [5, 5.41) is 2.53. The average Bonchev–Trinajstić information content (AvgIpc) is 2.99. The van der Waals surface area contributed by atoms with Crippen LogP contribution in [0.2, 0.25) is 0 Å². The van der Waals surface area contributed by atoms with Gasteiger partial charge in [-0.15, -0.1) is 0 Å². The van der Waals surface area contributed by atoms with E-state index in [4.69, 9.17) is 9.47 Å². The second-order valence-electron chi connectivity index (χ2n) is 6.59. The van der Waals surface area contributed by atoms with Crippen LogP contribution in [0.25, 0.3) is 0 Å². The predicted octanol–water partition coefficient (Wildman–Crippen LogP) is 2.84. The molecule has 1 aliphatic heterocycles. The van der Waals surface area contributed by atoms with Crippen LogP contribution in [0.15, 0.2) is 24.3 Å². The van der Waals surface area contributed by atoms with Gasteiger partial charge in [-0.05, 0) is 24.6 Å². The Morgan fingerprint density at radius 1 is 1.35 bits per heavy atom. The second kappa shape index (κ2) is 5.85. The summed E-state index contributed by atoms with van der Waals surface area (Å²) in [4.78, 5) is 23.7. The van der Waals surface area contributed by atoms with Crippen molar-refractivity contribution in [1.29, 1.82) is 0 Å².